The van der Waals surface area contributed by atoms with Crippen molar-refractivity contribution in [1.82, 2.24) is 4.90 Å². The summed E-state index contributed by atoms with van der Waals surface area (Å²) in [7, 11) is 0. The largest absolute Gasteiger partial charge is 0.508 e. The molecule has 43 heavy (non-hydrogen) atoms. The van der Waals surface area contributed by atoms with Crippen molar-refractivity contribution in [2.75, 3.05) is 18.4 Å². The van der Waals surface area contributed by atoms with Crippen LogP contribution >= 0.6 is 0 Å². The highest BCUT2D eigenvalue weighted by Gasteiger charge is 2.40. The van der Waals surface area contributed by atoms with E-state index in [1.54, 1.807) is 32.9 Å². The van der Waals surface area contributed by atoms with E-state index >= 15 is 0 Å². The van der Waals surface area contributed by atoms with Gasteiger partial charge >= 0.3 is 18.0 Å². The first kappa shape index (κ1) is 30.5. The van der Waals surface area contributed by atoms with E-state index in [9.17, 15) is 44.7 Å². The number of aromatic carboxylic acids is 1. The van der Waals surface area contributed by atoms with Gasteiger partial charge in [-0.05, 0) is 69.3 Å². The smallest absolute Gasteiger partial charge is 0.410 e. The monoisotopic (exact) mass is 594 g/mol. The van der Waals surface area contributed by atoms with Crippen molar-refractivity contribution in [2.45, 2.75) is 38.5 Å². The van der Waals surface area contributed by atoms with Gasteiger partial charge in [0.1, 0.15) is 40.3 Å². The Balaban J connectivity index is 1.59. The standard InChI is InChI=1S/C30H30N2O11/c1-30(2,3)43-29(41)32-13-19(31-16-7-9-17(33)10-8-16)23(14-32)42-28(40)15-11-21(35)25(22(36)12-15)26(37)24-18(27(38)39)5-4-6-20(24)34/h4-12,19,23,31,33-36H,13-14H2,1-3H3,(H,38,39)/t19-,23-/m0/s1. The number of rotatable bonds is 7. The Hall–Kier alpha value is -5.46. The Morgan fingerprint density at radius 2 is 1.49 bits per heavy atom. The fourth-order valence-corrected chi connectivity index (χ4v) is 4.53. The third kappa shape index (κ3) is 6.89. The Kier molecular flexibility index (Phi) is 8.37. The number of carbonyl (C=O) groups excluding carboxylic acids is 3. The lowest BCUT2D eigenvalue weighted by Crippen LogP contribution is -2.36. The number of hydrogen-bond donors (Lipinski definition) is 6. The average Bonchev–Trinajstić information content (AvgIpc) is 3.30. The molecule has 0 aromatic heterocycles. The number of carboxylic acid groups (broad SMARTS) is 1. The van der Waals surface area contributed by atoms with Gasteiger partial charge in [0.2, 0.25) is 5.78 Å². The van der Waals surface area contributed by atoms with Gasteiger partial charge < -0.3 is 45.2 Å². The molecule has 1 fully saturated rings. The summed E-state index contributed by atoms with van der Waals surface area (Å²) < 4.78 is 11.1. The van der Waals surface area contributed by atoms with Crippen molar-refractivity contribution < 1.29 is 54.2 Å². The van der Waals surface area contributed by atoms with Gasteiger partial charge in [0.15, 0.2) is 0 Å². The molecule has 0 saturated carbocycles. The van der Waals surface area contributed by atoms with Crippen molar-refractivity contribution in [3.05, 3.63) is 76.9 Å². The molecule has 1 saturated heterocycles. The van der Waals surface area contributed by atoms with Crippen molar-refractivity contribution in [3.63, 3.8) is 0 Å². The van der Waals surface area contributed by atoms with Crippen LogP contribution in [0.2, 0.25) is 0 Å². The van der Waals surface area contributed by atoms with E-state index in [1.165, 1.54) is 23.1 Å². The summed E-state index contributed by atoms with van der Waals surface area (Å²) in [5.74, 6) is -6.09. The molecule has 6 N–H and O–H groups in total. The number of nitrogens with zero attached hydrogens (tertiary/aromatic N) is 1. The number of nitrogens with one attached hydrogen (secondary N) is 1. The minimum absolute atomic E-state index is 0.0403. The summed E-state index contributed by atoms with van der Waals surface area (Å²) in [6.07, 6.45) is -1.56. The maximum Gasteiger partial charge on any atom is 0.410 e. The molecular weight excluding hydrogens is 564 g/mol. The Bertz CT molecular complexity index is 1550. The van der Waals surface area contributed by atoms with Gasteiger partial charge in [-0.3, -0.25) is 4.79 Å². The fraction of sp³-hybridized carbons (Fsp3) is 0.267. The van der Waals surface area contributed by atoms with Crippen LogP contribution in [0.15, 0.2) is 54.6 Å². The molecule has 0 bridgehead atoms. The number of likely N-dealkylation sites (tertiary alicyclic amines) is 1. The predicted octanol–water partition coefficient (Wildman–Crippen LogP) is 3.70. The zero-order chi connectivity index (χ0) is 31.6. The second-order valence-electron chi connectivity index (χ2n) is 10.9. The molecule has 2 atom stereocenters. The number of anilines is 1. The number of benzene rings is 3. The SMILES string of the molecule is CC(C)(C)OC(=O)N1C[C@H](Nc2ccc(O)cc2)[C@@H](OC(=O)c2cc(O)c(C(=O)c3c(O)cccc3C(=O)O)c(O)c2)C1. The number of ether oxygens (including phenoxy) is 2. The molecule has 0 radical (unpaired) electrons. The van der Waals surface area contributed by atoms with Crippen LogP contribution in [-0.2, 0) is 9.47 Å². The van der Waals surface area contributed by atoms with Gasteiger partial charge in [-0.25, -0.2) is 14.4 Å². The second-order valence-corrected chi connectivity index (χ2v) is 10.9. The number of phenolic OH excluding ortho intramolecular Hbond substituents is 4. The lowest BCUT2D eigenvalue weighted by atomic mass is 9.95. The van der Waals surface area contributed by atoms with Crippen molar-refractivity contribution in [1.29, 1.82) is 0 Å². The third-order valence-electron chi connectivity index (χ3n) is 6.46. The number of carboxylic acids is 1. The van der Waals surface area contributed by atoms with E-state index in [4.69, 9.17) is 9.47 Å². The zero-order valence-corrected chi connectivity index (χ0v) is 23.4. The van der Waals surface area contributed by atoms with Crippen LogP contribution in [0, 0.1) is 0 Å². The Morgan fingerprint density at radius 3 is 2.07 bits per heavy atom. The quantitative estimate of drug-likeness (QED) is 0.132. The second kappa shape index (κ2) is 11.8. The van der Waals surface area contributed by atoms with Gasteiger partial charge in [0, 0.05) is 12.2 Å². The molecule has 1 aliphatic rings. The third-order valence-corrected chi connectivity index (χ3v) is 6.46. The number of hydrogen-bond acceptors (Lipinski definition) is 11. The van der Waals surface area contributed by atoms with Crippen LogP contribution in [-0.4, -0.2) is 85.1 Å². The van der Waals surface area contributed by atoms with Crippen molar-refractivity contribution in [2.24, 2.45) is 0 Å². The van der Waals surface area contributed by atoms with Crippen molar-refractivity contribution in [3.8, 4) is 23.0 Å². The molecular formula is C30H30N2O11. The fourth-order valence-electron chi connectivity index (χ4n) is 4.53. The van der Waals surface area contributed by atoms with Gasteiger partial charge in [0.25, 0.3) is 0 Å². The van der Waals surface area contributed by atoms with Gasteiger partial charge in [0.05, 0.1) is 29.3 Å². The maximum absolute atomic E-state index is 13.2. The number of carbonyl (C=O) groups is 4. The minimum atomic E-state index is -1.52. The van der Waals surface area contributed by atoms with Gasteiger partial charge in [-0.1, -0.05) is 6.07 Å². The van der Waals surface area contributed by atoms with Crippen LogP contribution in [0.1, 0.15) is 57.4 Å². The molecule has 0 spiro atoms. The number of phenols is 4. The first-order valence-electron chi connectivity index (χ1n) is 13.0. The van der Waals surface area contributed by atoms with Crippen molar-refractivity contribution >= 4 is 29.5 Å². The van der Waals surface area contributed by atoms with E-state index in [1.807, 2.05) is 0 Å². The highest BCUT2D eigenvalue weighted by atomic mass is 16.6. The lowest BCUT2D eigenvalue weighted by molar-refractivity contribution is 0.0187. The topological polar surface area (TPSA) is 203 Å². The summed E-state index contributed by atoms with van der Waals surface area (Å²) in [5, 5.41) is 53.5. The molecule has 13 nitrogen and oxygen atoms in total. The number of esters is 1. The Morgan fingerprint density at radius 1 is 0.860 bits per heavy atom. The molecule has 0 unspecified atom stereocenters. The highest BCUT2D eigenvalue weighted by molar-refractivity contribution is 6.18. The number of amides is 1. The Labute approximate surface area is 245 Å². The first-order chi connectivity index (χ1) is 20.1. The maximum atomic E-state index is 13.2. The molecule has 0 aliphatic carbocycles. The molecule has 3 aromatic rings. The summed E-state index contributed by atoms with van der Waals surface area (Å²) >= 11 is 0. The lowest BCUT2D eigenvalue weighted by Gasteiger charge is -2.24. The minimum Gasteiger partial charge on any atom is -0.508 e. The number of aromatic hydroxyl groups is 4. The van der Waals surface area contributed by atoms with E-state index in [0.29, 0.717) is 5.69 Å². The predicted molar refractivity (Wildman–Crippen MR) is 151 cm³/mol. The summed E-state index contributed by atoms with van der Waals surface area (Å²) in [6.45, 7) is 5.15. The normalized spacial score (nSPS) is 16.4. The number of ketones is 1. The molecule has 226 valence electrons. The molecule has 1 amide bonds. The molecule has 3 aromatic carbocycles. The van der Waals surface area contributed by atoms with E-state index in [2.05, 4.69) is 5.32 Å². The molecule has 1 heterocycles. The molecule has 1 aliphatic heterocycles. The van der Waals surface area contributed by atoms with E-state index < -0.39 is 75.5 Å². The summed E-state index contributed by atoms with van der Waals surface area (Å²) in [6, 6.07) is 10.5. The van der Waals surface area contributed by atoms with Crippen LogP contribution < -0.4 is 5.32 Å². The van der Waals surface area contributed by atoms with E-state index in [-0.39, 0.29) is 24.4 Å². The summed E-state index contributed by atoms with van der Waals surface area (Å²) in [4.78, 5) is 51.9. The van der Waals surface area contributed by atoms with Gasteiger partial charge in [-0.15, -0.1) is 0 Å². The van der Waals surface area contributed by atoms with Crippen LogP contribution in [0.25, 0.3) is 0 Å². The first-order valence-corrected chi connectivity index (χ1v) is 13.0. The molecule has 13 heteroatoms. The van der Waals surface area contributed by atoms with E-state index in [0.717, 1.165) is 24.3 Å². The van der Waals surface area contributed by atoms with Crippen LogP contribution in [0.5, 0.6) is 23.0 Å². The molecule has 4 rings (SSSR count). The summed E-state index contributed by atoms with van der Waals surface area (Å²) in [5.41, 5.74) is -2.51. The average molecular weight is 595 g/mol. The zero-order valence-electron chi connectivity index (χ0n) is 23.4. The van der Waals surface area contributed by atoms with Gasteiger partial charge in [-0.2, -0.15) is 0 Å². The highest BCUT2D eigenvalue weighted by Crippen LogP contribution is 2.35. The van der Waals surface area contributed by atoms with Crippen LogP contribution in [0.4, 0.5) is 10.5 Å². The van der Waals surface area contributed by atoms with Crippen LogP contribution in [0.3, 0.4) is 0 Å².